The van der Waals surface area contributed by atoms with Gasteiger partial charge in [0.25, 0.3) is 0 Å². The summed E-state index contributed by atoms with van der Waals surface area (Å²) in [6.07, 6.45) is 1.71. The van der Waals surface area contributed by atoms with Gasteiger partial charge in [-0.1, -0.05) is 12.1 Å². The number of nitrogens with one attached hydrogen (secondary N) is 1. The molecule has 8 nitrogen and oxygen atoms in total. The van der Waals surface area contributed by atoms with E-state index in [1.165, 1.54) is 0 Å². The molecule has 0 aliphatic heterocycles. The molecule has 0 aliphatic rings. The smallest absolute Gasteiger partial charge is 0.224 e. The Labute approximate surface area is 145 Å². The zero-order chi connectivity index (χ0) is 18.0. The maximum absolute atomic E-state index is 9.29. The number of anilines is 2. The summed E-state index contributed by atoms with van der Waals surface area (Å²) in [5.74, 6) is 1.55. The molecule has 132 valence electrons. The van der Waals surface area contributed by atoms with Gasteiger partial charge in [0, 0.05) is 11.6 Å². The fourth-order valence-corrected chi connectivity index (χ4v) is 2.69. The van der Waals surface area contributed by atoms with Crippen LogP contribution in [0.15, 0.2) is 24.5 Å². The maximum atomic E-state index is 9.29. The van der Waals surface area contributed by atoms with Crippen molar-refractivity contribution in [2.24, 2.45) is 0 Å². The van der Waals surface area contributed by atoms with Crippen LogP contribution < -0.4 is 15.8 Å². The van der Waals surface area contributed by atoms with Gasteiger partial charge in [-0.15, -0.1) is 0 Å². The first-order chi connectivity index (χ1) is 12.0. The maximum Gasteiger partial charge on any atom is 0.224 e. The van der Waals surface area contributed by atoms with Crippen LogP contribution in [0.2, 0.25) is 0 Å². The second-order valence-corrected chi connectivity index (χ2v) is 6.08. The van der Waals surface area contributed by atoms with Gasteiger partial charge in [0.05, 0.1) is 26.6 Å². The number of rotatable bonds is 6. The molecule has 1 aromatic carbocycles. The number of benzene rings is 1. The van der Waals surface area contributed by atoms with Crippen molar-refractivity contribution in [3.8, 4) is 5.75 Å². The average Bonchev–Trinajstić information content (AvgIpc) is 2.97. The first kappa shape index (κ1) is 17.0. The molecule has 0 saturated heterocycles. The fraction of sp³-hybridized carbons (Fsp3) is 0.353. The molecule has 3 aromatic rings. The summed E-state index contributed by atoms with van der Waals surface area (Å²) >= 11 is 0. The summed E-state index contributed by atoms with van der Waals surface area (Å²) in [4.78, 5) is 12.9. The Morgan fingerprint density at radius 3 is 2.80 bits per heavy atom. The molecule has 0 amide bonds. The average molecular weight is 342 g/mol. The Kier molecular flexibility index (Phi) is 4.71. The lowest BCUT2D eigenvalue weighted by molar-refractivity contribution is 0.281. The quantitative estimate of drug-likeness (QED) is 0.626. The molecule has 0 bridgehead atoms. The summed E-state index contributed by atoms with van der Waals surface area (Å²) in [7, 11) is 1.61. The molecule has 2 aromatic heterocycles. The van der Waals surface area contributed by atoms with Gasteiger partial charge in [-0.3, -0.25) is 0 Å². The van der Waals surface area contributed by atoms with E-state index in [4.69, 9.17) is 10.5 Å². The number of aromatic nitrogens is 4. The van der Waals surface area contributed by atoms with E-state index in [2.05, 4.69) is 20.3 Å². The number of ether oxygens (including phenoxy) is 1. The monoisotopic (exact) mass is 342 g/mol. The van der Waals surface area contributed by atoms with Crippen molar-refractivity contribution in [3.63, 3.8) is 0 Å². The Bertz CT molecular complexity index is 890. The second-order valence-electron chi connectivity index (χ2n) is 6.08. The molecule has 0 saturated carbocycles. The van der Waals surface area contributed by atoms with Crippen molar-refractivity contribution in [3.05, 3.63) is 35.7 Å². The van der Waals surface area contributed by atoms with Crippen LogP contribution >= 0.6 is 0 Å². The predicted molar refractivity (Wildman–Crippen MR) is 96.5 cm³/mol. The van der Waals surface area contributed by atoms with Crippen LogP contribution in [0.4, 0.5) is 11.8 Å². The fourth-order valence-electron chi connectivity index (χ4n) is 2.69. The van der Waals surface area contributed by atoms with Gasteiger partial charge in [0.2, 0.25) is 5.95 Å². The third-order valence-electron chi connectivity index (χ3n) is 3.79. The minimum atomic E-state index is -0.0276. The number of methoxy groups -OCH3 is 1. The minimum Gasteiger partial charge on any atom is -0.496 e. The number of aliphatic hydroxyl groups excluding tert-OH is 1. The lowest BCUT2D eigenvalue weighted by Crippen LogP contribution is -2.14. The van der Waals surface area contributed by atoms with E-state index in [1.54, 1.807) is 13.4 Å². The van der Waals surface area contributed by atoms with Crippen LogP contribution in [0, 0.1) is 0 Å². The van der Waals surface area contributed by atoms with Crippen LogP contribution in [-0.4, -0.2) is 37.8 Å². The number of nitrogens with zero attached hydrogens (tertiary/aromatic N) is 4. The molecule has 8 heteroatoms. The van der Waals surface area contributed by atoms with Crippen molar-refractivity contribution in [2.75, 3.05) is 18.2 Å². The number of imidazole rings is 1. The van der Waals surface area contributed by atoms with E-state index in [9.17, 15) is 5.11 Å². The summed E-state index contributed by atoms with van der Waals surface area (Å²) < 4.78 is 7.41. The van der Waals surface area contributed by atoms with E-state index in [-0.39, 0.29) is 18.6 Å². The summed E-state index contributed by atoms with van der Waals surface area (Å²) in [5.41, 5.74) is 8.88. The molecule has 2 heterocycles. The van der Waals surface area contributed by atoms with Crippen molar-refractivity contribution in [1.82, 2.24) is 19.5 Å². The lowest BCUT2D eigenvalue weighted by atomic mass is 10.1. The zero-order valence-electron chi connectivity index (χ0n) is 14.5. The van der Waals surface area contributed by atoms with Crippen molar-refractivity contribution >= 4 is 22.9 Å². The minimum absolute atomic E-state index is 0.0276. The first-order valence-corrected chi connectivity index (χ1v) is 8.03. The van der Waals surface area contributed by atoms with Gasteiger partial charge in [-0.25, -0.2) is 4.98 Å². The van der Waals surface area contributed by atoms with Gasteiger partial charge < -0.3 is 25.5 Å². The molecule has 4 N–H and O–H groups in total. The van der Waals surface area contributed by atoms with Crippen LogP contribution in [0.5, 0.6) is 5.75 Å². The molecule has 0 spiro atoms. The molecular weight excluding hydrogens is 320 g/mol. The number of nitrogen functional groups attached to an aromatic ring is 1. The van der Waals surface area contributed by atoms with E-state index in [0.29, 0.717) is 23.8 Å². The van der Waals surface area contributed by atoms with Crippen LogP contribution in [0.1, 0.15) is 25.0 Å². The van der Waals surface area contributed by atoms with Gasteiger partial charge in [-0.2, -0.15) is 9.97 Å². The number of hydrogen-bond acceptors (Lipinski definition) is 7. The summed E-state index contributed by atoms with van der Waals surface area (Å²) in [6, 6.07) is 5.83. The van der Waals surface area contributed by atoms with Gasteiger partial charge in [-0.05, 0) is 25.5 Å². The molecule has 3 rings (SSSR count). The molecule has 0 fully saturated rings. The summed E-state index contributed by atoms with van der Waals surface area (Å²) in [6.45, 7) is 4.56. The molecule has 25 heavy (non-hydrogen) atoms. The number of aliphatic hydroxyl groups is 1. The normalized spacial score (nSPS) is 11.2. The highest BCUT2D eigenvalue weighted by Gasteiger charge is 2.15. The Morgan fingerprint density at radius 1 is 1.32 bits per heavy atom. The molecular formula is C17H22N6O2. The van der Waals surface area contributed by atoms with Crippen molar-refractivity contribution < 1.29 is 9.84 Å². The first-order valence-electron chi connectivity index (χ1n) is 8.03. The van der Waals surface area contributed by atoms with E-state index >= 15 is 0 Å². The third kappa shape index (κ3) is 3.48. The zero-order valence-corrected chi connectivity index (χ0v) is 14.5. The van der Waals surface area contributed by atoms with Gasteiger partial charge >= 0.3 is 0 Å². The van der Waals surface area contributed by atoms with Crippen LogP contribution in [-0.2, 0) is 13.2 Å². The molecule has 0 unspecified atom stereocenters. The standard InChI is InChI=1S/C17H22N6O2/c1-10(2)20-16-14-15(21-17(18)22-16)19-9-23(14)7-12-5-4-11(8-24)6-13(12)25-3/h4-6,9-10,24H,7-8H2,1-3H3,(H3,18,20,21,22). The predicted octanol–water partition coefficient (Wildman–Crippen LogP) is 1.78. The molecule has 0 aliphatic carbocycles. The Hall–Kier alpha value is -2.87. The summed E-state index contributed by atoms with van der Waals surface area (Å²) in [5, 5.41) is 12.6. The lowest BCUT2D eigenvalue weighted by Gasteiger charge is -2.14. The van der Waals surface area contributed by atoms with Crippen molar-refractivity contribution in [2.45, 2.75) is 33.0 Å². The Balaban J connectivity index is 2.05. The van der Waals surface area contributed by atoms with Crippen LogP contribution in [0.25, 0.3) is 11.2 Å². The SMILES string of the molecule is COc1cc(CO)ccc1Cn1cnc2nc(N)nc(NC(C)C)c21. The van der Waals surface area contributed by atoms with Gasteiger partial charge in [0.1, 0.15) is 11.3 Å². The number of hydrogen-bond donors (Lipinski definition) is 3. The second kappa shape index (κ2) is 6.94. The van der Waals surface area contributed by atoms with Crippen LogP contribution in [0.3, 0.4) is 0 Å². The highest BCUT2D eigenvalue weighted by atomic mass is 16.5. The van der Waals surface area contributed by atoms with E-state index < -0.39 is 0 Å². The number of nitrogens with two attached hydrogens (primary N) is 1. The topological polar surface area (TPSA) is 111 Å². The van der Waals surface area contributed by atoms with E-state index in [0.717, 1.165) is 16.6 Å². The van der Waals surface area contributed by atoms with Crippen molar-refractivity contribution in [1.29, 1.82) is 0 Å². The van der Waals surface area contributed by atoms with E-state index in [1.807, 2.05) is 36.6 Å². The molecule has 0 atom stereocenters. The highest BCUT2D eigenvalue weighted by molar-refractivity contribution is 5.84. The largest absolute Gasteiger partial charge is 0.496 e. The molecule has 0 radical (unpaired) electrons. The number of fused-ring (bicyclic) bond motifs is 1. The van der Waals surface area contributed by atoms with Gasteiger partial charge in [0.15, 0.2) is 11.5 Å². The Morgan fingerprint density at radius 2 is 2.12 bits per heavy atom. The third-order valence-corrected chi connectivity index (χ3v) is 3.79. The highest BCUT2D eigenvalue weighted by Crippen LogP contribution is 2.26.